The van der Waals surface area contributed by atoms with Gasteiger partial charge >= 0.3 is 0 Å². The molecule has 0 saturated carbocycles. The molecule has 22 heavy (non-hydrogen) atoms. The van der Waals surface area contributed by atoms with Crippen molar-refractivity contribution in [1.82, 2.24) is 0 Å². The molecular formula is C19H25BrO2. The zero-order valence-corrected chi connectivity index (χ0v) is 15.3. The second kappa shape index (κ2) is 8.42. The highest BCUT2D eigenvalue weighted by Crippen LogP contribution is 2.37. The third-order valence-corrected chi connectivity index (χ3v) is 4.43. The third kappa shape index (κ3) is 3.95. The van der Waals surface area contributed by atoms with E-state index in [-0.39, 0.29) is 6.10 Å². The van der Waals surface area contributed by atoms with E-state index >= 15 is 0 Å². The molecule has 0 spiro atoms. The van der Waals surface area contributed by atoms with E-state index in [0.717, 1.165) is 41.9 Å². The van der Waals surface area contributed by atoms with Gasteiger partial charge in [-0.1, -0.05) is 41.4 Å². The normalized spacial score (nSPS) is 18.4. The minimum absolute atomic E-state index is 0.185. The molecule has 0 fully saturated rings. The quantitative estimate of drug-likeness (QED) is 0.573. The van der Waals surface area contributed by atoms with Gasteiger partial charge in [0.2, 0.25) is 0 Å². The summed E-state index contributed by atoms with van der Waals surface area (Å²) in [6, 6.07) is 4.04. The number of ether oxygens (including phenoxy) is 2. The van der Waals surface area contributed by atoms with Crippen LogP contribution < -0.4 is 9.47 Å². The molecule has 1 aliphatic rings. The Balaban J connectivity index is 2.32. The van der Waals surface area contributed by atoms with Crippen molar-refractivity contribution in [2.24, 2.45) is 0 Å². The summed E-state index contributed by atoms with van der Waals surface area (Å²) in [5.41, 5.74) is 3.71. The van der Waals surface area contributed by atoms with E-state index in [2.05, 4.69) is 41.9 Å². The van der Waals surface area contributed by atoms with Crippen LogP contribution in [0, 0.1) is 6.92 Å². The second-order valence-corrected chi connectivity index (χ2v) is 6.20. The van der Waals surface area contributed by atoms with Crippen molar-refractivity contribution in [2.75, 3.05) is 7.11 Å². The molecule has 0 bridgehead atoms. The van der Waals surface area contributed by atoms with Crippen LogP contribution in [0.5, 0.6) is 11.5 Å². The monoisotopic (exact) mass is 364 g/mol. The summed E-state index contributed by atoms with van der Waals surface area (Å²) in [6.07, 6.45) is 10.3. The predicted molar refractivity (Wildman–Crippen MR) is 97.0 cm³/mol. The Morgan fingerprint density at radius 1 is 1.36 bits per heavy atom. The molecule has 1 aliphatic carbocycles. The van der Waals surface area contributed by atoms with Crippen LogP contribution in [0.4, 0.5) is 0 Å². The molecule has 0 N–H and O–H groups in total. The second-order valence-electron chi connectivity index (χ2n) is 5.67. The maximum Gasteiger partial charge on any atom is 0.165 e. The maximum absolute atomic E-state index is 6.42. The number of halogens is 1. The van der Waals surface area contributed by atoms with Crippen molar-refractivity contribution in [3.63, 3.8) is 0 Å². The number of allylic oxidation sites excluding steroid dienone is 1. The van der Waals surface area contributed by atoms with Gasteiger partial charge in [0.1, 0.15) is 6.10 Å². The van der Waals surface area contributed by atoms with E-state index in [1.165, 1.54) is 18.4 Å². The van der Waals surface area contributed by atoms with Crippen LogP contribution in [0.2, 0.25) is 0 Å². The molecule has 0 unspecified atom stereocenters. The van der Waals surface area contributed by atoms with Gasteiger partial charge in [0.05, 0.1) is 7.11 Å². The van der Waals surface area contributed by atoms with Gasteiger partial charge in [-0.25, -0.2) is 0 Å². The van der Waals surface area contributed by atoms with Gasteiger partial charge < -0.3 is 9.47 Å². The number of rotatable bonds is 6. The molecule has 0 aromatic heterocycles. The lowest BCUT2D eigenvalue weighted by Gasteiger charge is -2.27. The van der Waals surface area contributed by atoms with Crippen molar-refractivity contribution in [3.8, 4) is 11.5 Å². The molecule has 2 rings (SSSR count). The van der Waals surface area contributed by atoms with Gasteiger partial charge in [0.25, 0.3) is 0 Å². The Hall–Kier alpha value is -1.22. The first-order valence-corrected chi connectivity index (χ1v) is 8.92. The maximum atomic E-state index is 6.42. The summed E-state index contributed by atoms with van der Waals surface area (Å²) < 4.78 is 11.9. The average molecular weight is 365 g/mol. The number of hydrogen-bond acceptors (Lipinski definition) is 2. The summed E-state index contributed by atoms with van der Waals surface area (Å²) in [5, 5.41) is 0. The number of benzene rings is 1. The molecule has 0 aliphatic heterocycles. The molecular weight excluding hydrogens is 340 g/mol. The minimum Gasteiger partial charge on any atom is -0.493 e. The van der Waals surface area contributed by atoms with E-state index < -0.39 is 0 Å². The molecule has 1 atom stereocenters. The lowest BCUT2D eigenvalue weighted by Crippen LogP contribution is -2.22. The lowest BCUT2D eigenvalue weighted by molar-refractivity contribution is 0.202. The van der Waals surface area contributed by atoms with Crippen molar-refractivity contribution in [3.05, 3.63) is 39.9 Å². The minimum atomic E-state index is 0.185. The standard InChI is InChI=1S/C19H25BrO2/c1-4-7-16-8-5-6-9-17(16)22-19-14(2)15(12-13-20)10-11-18(19)21-3/h8,10-13,17H,4-7,9H2,1-3H3/b13-12-/t17-/m0/s1. The highest BCUT2D eigenvalue weighted by atomic mass is 79.9. The fraction of sp³-hybridized carbons (Fsp3) is 0.474. The zero-order valence-electron chi connectivity index (χ0n) is 13.7. The first-order chi connectivity index (χ1) is 10.7. The summed E-state index contributed by atoms with van der Waals surface area (Å²) in [4.78, 5) is 1.87. The van der Waals surface area contributed by atoms with Gasteiger partial charge in [-0.15, -0.1) is 0 Å². The molecule has 120 valence electrons. The number of methoxy groups -OCH3 is 1. The van der Waals surface area contributed by atoms with Crippen molar-refractivity contribution >= 4 is 22.0 Å². The van der Waals surface area contributed by atoms with Gasteiger partial charge in [-0.2, -0.15) is 0 Å². The Morgan fingerprint density at radius 2 is 2.18 bits per heavy atom. The smallest absolute Gasteiger partial charge is 0.165 e. The van der Waals surface area contributed by atoms with Crippen LogP contribution >= 0.6 is 15.9 Å². The number of hydrogen-bond donors (Lipinski definition) is 0. The van der Waals surface area contributed by atoms with E-state index in [9.17, 15) is 0 Å². The van der Waals surface area contributed by atoms with Crippen LogP contribution in [-0.4, -0.2) is 13.2 Å². The molecule has 1 aromatic rings. The summed E-state index contributed by atoms with van der Waals surface area (Å²) in [6.45, 7) is 4.31. The molecule has 2 nitrogen and oxygen atoms in total. The van der Waals surface area contributed by atoms with E-state index in [1.807, 2.05) is 17.1 Å². The summed E-state index contributed by atoms with van der Waals surface area (Å²) in [7, 11) is 1.70. The SMILES string of the molecule is CCCC1=CCCC[C@@H]1Oc1c(OC)ccc(/C=C\Br)c1C. The van der Waals surface area contributed by atoms with E-state index in [1.54, 1.807) is 7.11 Å². The van der Waals surface area contributed by atoms with E-state index in [0.29, 0.717) is 0 Å². The fourth-order valence-corrected chi connectivity index (χ4v) is 3.26. The van der Waals surface area contributed by atoms with Gasteiger partial charge in [0, 0.05) is 5.56 Å². The highest BCUT2D eigenvalue weighted by molar-refractivity contribution is 9.11. The summed E-state index contributed by atoms with van der Waals surface area (Å²) in [5.74, 6) is 1.69. The largest absolute Gasteiger partial charge is 0.493 e. The molecule has 3 heteroatoms. The topological polar surface area (TPSA) is 18.5 Å². The van der Waals surface area contributed by atoms with Crippen molar-refractivity contribution < 1.29 is 9.47 Å². The summed E-state index contributed by atoms with van der Waals surface area (Å²) >= 11 is 3.35. The van der Waals surface area contributed by atoms with Crippen LogP contribution in [0.15, 0.2) is 28.8 Å². The highest BCUT2D eigenvalue weighted by Gasteiger charge is 2.22. The van der Waals surface area contributed by atoms with Crippen molar-refractivity contribution in [1.29, 1.82) is 0 Å². The predicted octanol–water partition coefficient (Wildman–Crippen LogP) is 6.03. The first kappa shape index (κ1) is 17.1. The van der Waals surface area contributed by atoms with E-state index in [4.69, 9.17) is 9.47 Å². The Bertz CT molecular complexity index is 561. The van der Waals surface area contributed by atoms with Gasteiger partial charge in [0.15, 0.2) is 11.5 Å². The molecule has 0 amide bonds. The van der Waals surface area contributed by atoms with Gasteiger partial charge in [-0.05, 0) is 60.9 Å². The third-order valence-electron chi connectivity index (χ3n) is 4.16. The van der Waals surface area contributed by atoms with Crippen LogP contribution in [-0.2, 0) is 0 Å². The van der Waals surface area contributed by atoms with Crippen LogP contribution in [0.3, 0.4) is 0 Å². The van der Waals surface area contributed by atoms with Crippen molar-refractivity contribution in [2.45, 2.75) is 52.1 Å². The van der Waals surface area contributed by atoms with Crippen LogP contribution in [0.25, 0.3) is 6.08 Å². The lowest BCUT2D eigenvalue weighted by atomic mass is 9.93. The molecule has 0 radical (unpaired) electrons. The Morgan fingerprint density at radius 3 is 2.86 bits per heavy atom. The molecule has 0 saturated heterocycles. The van der Waals surface area contributed by atoms with Crippen LogP contribution in [0.1, 0.15) is 50.2 Å². The fourth-order valence-electron chi connectivity index (χ4n) is 2.97. The molecule has 0 heterocycles. The van der Waals surface area contributed by atoms with Gasteiger partial charge in [-0.3, -0.25) is 0 Å². The first-order valence-electron chi connectivity index (χ1n) is 8.01. The average Bonchev–Trinajstić information content (AvgIpc) is 2.53. The molecule has 1 aromatic carbocycles. The Labute approximate surface area is 142 Å². The zero-order chi connectivity index (χ0) is 15.9. The Kier molecular flexibility index (Phi) is 6.56.